The van der Waals surface area contributed by atoms with Crippen molar-refractivity contribution < 1.29 is 13.3 Å². The molecule has 0 radical (unpaired) electrons. The summed E-state index contributed by atoms with van der Waals surface area (Å²) in [5.41, 5.74) is 10.1. The second-order valence-electron chi connectivity index (χ2n) is 9.55. The fourth-order valence-corrected chi connectivity index (χ4v) is 7.39. The summed E-state index contributed by atoms with van der Waals surface area (Å²) in [6.45, 7) is 18.7. The first kappa shape index (κ1) is 28.1. The van der Waals surface area contributed by atoms with Gasteiger partial charge >= 0.3 is 8.80 Å². The Bertz CT molecular complexity index is 1060. The number of aryl methyl sites for hydroxylation is 4. The lowest BCUT2D eigenvalue weighted by Gasteiger charge is -2.33. The van der Waals surface area contributed by atoms with Gasteiger partial charge in [-0.1, -0.05) is 31.2 Å². The van der Waals surface area contributed by atoms with E-state index in [4.69, 9.17) is 13.3 Å². The maximum Gasteiger partial charge on any atom is 0.504 e. The van der Waals surface area contributed by atoms with E-state index in [1.165, 1.54) is 27.8 Å². The van der Waals surface area contributed by atoms with Gasteiger partial charge in [0.25, 0.3) is 0 Å². The molecular formula is C31H43NO3Si. The fourth-order valence-electron chi connectivity index (χ4n) is 4.59. The minimum atomic E-state index is -2.76. The van der Waals surface area contributed by atoms with Crippen molar-refractivity contribution in [3.63, 3.8) is 0 Å². The molecule has 36 heavy (non-hydrogen) atoms. The van der Waals surface area contributed by atoms with Gasteiger partial charge < -0.3 is 18.2 Å². The van der Waals surface area contributed by atoms with Gasteiger partial charge in [0.1, 0.15) is 0 Å². The molecule has 0 aliphatic rings. The summed E-state index contributed by atoms with van der Waals surface area (Å²) in [6.07, 6.45) is 0.847. The van der Waals surface area contributed by atoms with Crippen LogP contribution in [0.4, 0.5) is 17.1 Å². The molecule has 1 unspecified atom stereocenters. The largest absolute Gasteiger partial charge is 0.504 e. The van der Waals surface area contributed by atoms with Crippen LogP contribution in [0.2, 0.25) is 5.54 Å². The minimum absolute atomic E-state index is 0.166. The lowest BCUT2D eigenvalue weighted by molar-refractivity contribution is 0.0624. The van der Waals surface area contributed by atoms with Crippen LogP contribution in [0.1, 0.15) is 55.5 Å². The van der Waals surface area contributed by atoms with Crippen LogP contribution in [0.15, 0.2) is 60.7 Å². The number of hydrogen-bond donors (Lipinski definition) is 0. The van der Waals surface area contributed by atoms with Crippen LogP contribution in [0.5, 0.6) is 0 Å². The quantitative estimate of drug-likeness (QED) is 0.231. The average molecular weight is 506 g/mol. The maximum absolute atomic E-state index is 6.15. The number of hydrogen-bond acceptors (Lipinski definition) is 4. The fraction of sp³-hybridized carbons (Fsp3) is 0.419. The first-order chi connectivity index (χ1) is 17.2. The van der Waals surface area contributed by atoms with Crippen LogP contribution in [0, 0.1) is 27.7 Å². The Morgan fingerprint density at radius 3 is 1.42 bits per heavy atom. The van der Waals surface area contributed by atoms with Crippen molar-refractivity contribution in [2.45, 2.75) is 67.4 Å². The molecule has 0 fully saturated rings. The predicted octanol–water partition coefficient (Wildman–Crippen LogP) is 8.37. The van der Waals surface area contributed by atoms with Crippen molar-refractivity contribution >= 4 is 25.9 Å². The van der Waals surface area contributed by atoms with Gasteiger partial charge in [-0.25, -0.2) is 0 Å². The minimum Gasteiger partial charge on any atom is -0.374 e. The van der Waals surface area contributed by atoms with E-state index in [9.17, 15) is 0 Å². The third-order valence-electron chi connectivity index (χ3n) is 6.87. The molecule has 3 aromatic carbocycles. The molecule has 0 aromatic heterocycles. The van der Waals surface area contributed by atoms with Crippen LogP contribution in [-0.2, 0) is 19.7 Å². The Hall–Kier alpha value is -2.44. The van der Waals surface area contributed by atoms with Crippen molar-refractivity contribution in [3.05, 3.63) is 88.5 Å². The molecule has 0 bridgehead atoms. The number of anilines is 3. The first-order valence-corrected chi connectivity index (χ1v) is 15.0. The molecule has 3 aromatic rings. The molecule has 0 aliphatic heterocycles. The first-order valence-electron chi connectivity index (χ1n) is 13.2. The van der Waals surface area contributed by atoms with Crippen LogP contribution >= 0.6 is 0 Å². The van der Waals surface area contributed by atoms with Crippen molar-refractivity contribution in [2.75, 3.05) is 24.7 Å². The third-order valence-corrected chi connectivity index (χ3v) is 10.4. The Balaban J connectivity index is 1.95. The molecule has 1 atom stereocenters. The Kier molecular flexibility index (Phi) is 9.91. The zero-order valence-corrected chi connectivity index (χ0v) is 24.4. The third kappa shape index (κ3) is 6.46. The molecule has 0 N–H and O–H groups in total. The Morgan fingerprint density at radius 2 is 1.03 bits per heavy atom. The molecule has 3 rings (SSSR count). The second-order valence-corrected chi connectivity index (χ2v) is 12.6. The van der Waals surface area contributed by atoms with E-state index in [1.54, 1.807) is 0 Å². The standard InChI is InChI=1S/C31H43NO3Si/c1-9-33-36(34-10-2,35-11-3)27(8)22-28-14-18-29(19-15-28)32(30-16-12-23(4)25(6)20-30)31-17-13-24(5)26(7)21-31/h12-21,27H,9-11,22H2,1-8H3. The number of benzene rings is 3. The molecule has 4 nitrogen and oxygen atoms in total. The van der Waals surface area contributed by atoms with Crippen molar-refractivity contribution in [1.82, 2.24) is 0 Å². The molecule has 0 aliphatic carbocycles. The zero-order valence-electron chi connectivity index (χ0n) is 23.4. The average Bonchev–Trinajstić information content (AvgIpc) is 2.85. The van der Waals surface area contributed by atoms with Gasteiger partial charge in [-0.2, -0.15) is 0 Å². The van der Waals surface area contributed by atoms with Crippen LogP contribution in [-0.4, -0.2) is 28.6 Å². The summed E-state index contributed by atoms with van der Waals surface area (Å²) in [5, 5.41) is 0. The highest BCUT2D eigenvalue weighted by Gasteiger charge is 2.46. The Labute approximate surface area is 219 Å². The highest BCUT2D eigenvalue weighted by atomic mass is 28.4. The van der Waals surface area contributed by atoms with Crippen molar-refractivity contribution in [2.24, 2.45) is 0 Å². The summed E-state index contributed by atoms with van der Waals surface area (Å²) in [7, 11) is -2.76. The van der Waals surface area contributed by atoms with Crippen LogP contribution in [0.25, 0.3) is 0 Å². The predicted molar refractivity (Wildman–Crippen MR) is 154 cm³/mol. The van der Waals surface area contributed by atoms with E-state index in [2.05, 4.69) is 100 Å². The van der Waals surface area contributed by atoms with Gasteiger partial charge in [-0.15, -0.1) is 0 Å². The SMILES string of the molecule is CCO[Si](OCC)(OCC)C(C)Cc1ccc(N(c2ccc(C)c(C)c2)c2ccc(C)c(C)c2)cc1. The molecular weight excluding hydrogens is 462 g/mol. The highest BCUT2D eigenvalue weighted by molar-refractivity contribution is 6.62. The smallest absolute Gasteiger partial charge is 0.374 e. The van der Waals surface area contributed by atoms with Gasteiger partial charge in [0.2, 0.25) is 0 Å². The summed E-state index contributed by atoms with van der Waals surface area (Å²) in [5.74, 6) is 0. The summed E-state index contributed by atoms with van der Waals surface area (Å²) < 4.78 is 18.4. The van der Waals surface area contributed by atoms with Gasteiger partial charge in [0.05, 0.1) is 0 Å². The van der Waals surface area contributed by atoms with Crippen molar-refractivity contribution in [1.29, 1.82) is 0 Å². The van der Waals surface area contributed by atoms with Crippen LogP contribution < -0.4 is 4.90 Å². The topological polar surface area (TPSA) is 30.9 Å². The van der Waals surface area contributed by atoms with Gasteiger partial charge in [0.15, 0.2) is 0 Å². The molecule has 5 heteroatoms. The van der Waals surface area contributed by atoms with Gasteiger partial charge in [-0.3, -0.25) is 0 Å². The maximum atomic E-state index is 6.15. The molecule has 0 amide bonds. The second kappa shape index (κ2) is 12.7. The highest BCUT2D eigenvalue weighted by Crippen LogP contribution is 2.37. The van der Waals surface area contributed by atoms with Gasteiger partial charge in [0, 0.05) is 42.4 Å². The molecule has 194 valence electrons. The lowest BCUT2D eigenvalue weighted by atomic mass is 10.0. The van der Waals surface area contributed by atoms with Crippen LogP contribution in [0.3, 0.4) is 0 Å². The normalized spacial score (nSPS) is 12.6. The number of nitrogens with zero attached hydrogens (tertiary/aromatic N) is 1. The molecule has 0 saturated heterocycles. The van der Waals surface area contributed by atoms with Gasteiger partial charge in [-0.05, 0) is 119 Å². The summed E-state index contributed by atoms with van der Waals surface area (Å²) in [6, 6.07) is 22.3. The van der Waals surface area contributed by atoms with Crippen molar-refractivity contribution in [3.8, 4) is 0 Å². The summed E-state index contributed by atoms with van der Waals surface area (Å²) >= 11 is 0. The van der Waals surface area contributed by atoms with E-state index >= 15 is 0 Å². The Morgan fingerprint density at radius 1 is 0.611 bits per heavy atom. The van der Waals surface area contributed by atoms with E-state index in [-0.39, 0.29) is 5.54 Å². The van der Waals surface area contributed by atoms with E-state index in [1.807, 2.05) is 20.8 Å². The zero-order chi connectivity index (χ0) is 26.3. The van der Waals surface area contributed by atoms with E-state index in [0.29, 0.717) is 19.8 Å². The van der Waals surface area contributed by atoms with E-state index in [0.717, 1.165) is 23.5 Å². The number of rotatable bonds is 12. The van der Waals surface area contributed by atoms with E-state index < -0.39 is 8.80 Å². The molecule has 0 spiro atoms. The monoisotopic (exact) mass is 505 g/mol. The molecule has 0 heterocycles. The lowest BCUT2D eigenvalue weighted by Crippen LogP contribution is -2.50. The molecule has 0 saturated carbocycles. The summed E-state index contributed by atoms with van der Waals surface area (Å²) in [4.78, 5) is 2.34.